The standard InChI is InChI=1S/C12H9ClN2S/c13-10-8-14-7-6-11(10)15-12(16)9-4-2-1-3-5-9/h1-8H,(H,14,15,16). The van der Waals surface area contributed by atoms with E-state index in [0.29, 0.717) is 10.0 Å². The molecule has 0 saturated carbocycles. The molecule has 80 valence electrons. The van der Waals surface area contributed by atoms with Gasteiger partial charge in [-0.25, -0.2) is 0 Å². The van der Waals surface area contributed by atoms with Crippen LogP contribution in [0.4, 0.5) is 5.69 Å². The van der Waals surface area contributed by atoms with Gasteiger partial charge in [0.05, 0.1) is 10.7 Å². The van der Waals surface area contributed by atoms with Crippen LogP contribution in [0.1, 0.15) is 5.56 Å². The van der Waals surface area contributed by atoms with Crippen molar-refractivity contribution in [1.82, 2.24) is 4.98 Å². The Morgan fingerprint density at radius 1 is 1.19 bits per heavy atom. The Morgan fingerprint density at radius 3 is 2.62 bits per heavy atom. The first-order chi connectivity index (χ1) is 7.77. The molecule has 0 saturated heterocycles. The van der Waals surface area contributed by atoms with Crippen LogP contribution in [-0.2, 0) is 0 Å². The summed E-state index contributed by atoms with van der Waals surface area (Å²) in [6.45, 7) is 0. The Kier molecular flexibility index (Phi) is 3.49. The van der Waals surface area contributed by atoms with Crippen LogP contribution >= 0.6 is 23.8 Å². The van der Waals surface area contributed by atoms with Crippen LogP contribution in [0.2, 0.25) is 5.02 Å². The number of rotatable bonds is 2. The fourth-order valence-corrected chi connectivity index (χ4v) is 1.67. The van der Waals surface area contributed by atoms with Crippen molar-refractivity contribution in [2.45, 2.75) is 0 Å². The summed E-state index contributed by atoms with van der Waals surface area (Å²) in [6.07, 6.45) is 3.25. The minimum Gasteiger partial charge on any atom is -0.345 e. The minimum atomic E-state index is 0.556. The lowest BCUT2D eigenvalue weighted by atomic mass is 10.2. The summed E-state index contributed by atoms with van der Waals surface area (Å²) in [4.78, 5) is 4.56. The maximum Gasteiger partial charge on any atom is 0.111 e. The molecule has 0 radical (unpaired) electrons. The van der Waals surface area contributed by atoms with E-state index in [1.54, 1.807) is 18.5 Å². The molecule has 2 nitrogen and oxygen atoms in total. The van der Waals surface area contributed by atoms with Crippen molar-refractivity contribution in [2.24, 2.45) is 0 Å². The summed E-state index contributed by atoms with van der Waals surface area (Å²) >= 11 is 11.2. The van der Waals surface area contributed by atoms with E-state index in [4.69, 9.17) is 23.8 Å². The molecule has 2 rings (SSSR count). The van der Waals surface area contributed by atoms with E-state index in [0.717, 1.165) is 11.3 Å². The minimum absolute atomic E-state index is 0.556. The summed E-state index contributed by atoms with van der Waals surface area (Å²) in [7, 11) is 0. The highest BCUT2D eigenvalue weighted by atomic mass is 35.5. The second kappa shape index (κ2) is 5.05. The van der Waals surface area contributed by atoms with Gasteiger partial charge in [-0.05, 0) is 6.07 Å². The molecule has 1 N–H and O–H groups in total. The molecule has 1 aromatic heterocycles. The highest BCUT2D eigenvalue weighted by molar-refractivity contribution is 7.81. The van der Waals surface area contributed by atoms with E-state index in [9.17, 15) is 0 Å². The van der Waals surface area contributed by atoms with Gasteiger partial charge in [0.1, 0.15) is 4.99 Å². The maximum atomic E-state index is 5.97. The lowest BCUT2D eigenvalue weighted by Crippen LogP contribution is -2.10. The second-order valence-corrected chi connectivity index (χ2v) is 3.99. The van der Waals surface area contributed by atoms with E-state index < -0.39 is 0 Å². The van der Waals surface area contributed by atoms with Gasteiger partial charge in [-0.15, -0.1) is 0 Å². The Hall–Kier alpha value is -1.45. The fourth-order valence-electron chi connectivity index (χ4n) is 1.26. The SMILES string of the molecule is S=C(Nc1ccncc1Cl)c1ccccc1. The Labute approximate surface area is 104 Å². The molecule has 0 fully saturated rings. The summed E-state index contributed by atoms with van der Waals surface area (Å²) in [6, 6.07) is 11.5. The Balaban J connectivity index is 2.18. The van der Waals surface area contributed by atoms with E-state index in [2.05, 4.69) is 10.3 Å². The first-order valence-electron chi connectivity index (χ1n) is 4.73. The predicted molar refractivity (Wildman–Crippen MR) is 71.0 cm³/mol. The Bertz CT molecular complexity index is 499. The van der Waals surface area contributed by atoms with E-state index in [1.807, 2.05) is 30.3 Å². The Morgan fingerprint density at radius 2 is 1.94 bits per heavy atom. The van der Waals surface area contributed by atoms with Crippen LogP contribution in [0.3, 0.4) is 0 Å². The highest BCUT2D eigenvalue weighted by Gasteiger charge is 2.03. The van der Waals surface area contributed by atoms with Crippen molar-refractivity contribution in [3.8, 4) is 0 Å². The number of hydrogen-bond acceptors (Lipinski definition) is 2. The molecule has 0 unspecified atom stereocenters. The number of thiocarbonyl (C=S) groups is 1. The van der Waals surface area contributed by atoms with Crippen LogP contribution < -0.4 is 5.32 Å². The largest absolute Gasteiger partial charge is 0.345 e. The average molecular weight is 249 g/mol. The maximum absolute atomic E-state index is 5.97. The average Bonchev–Trinajstić information content (AvgIpc) is 2.33. The van der Waals surface area contributed by atoms with Gasteiger partial charge in [0.15, 0.2) is 0 Å². The van der Waals surface area contributed by atoms with Gasteiger partial charge in [-0.1, -0.05) is 54.2 Å². The van der Waals surface area contributed by atoms with Crippen molar-refractivity contribution in [3.05, 3.63) is 59.4 Å². The molecule has 0 aliphatic rings. The molecule has 0 spiro atoms. The molecular formula is C12H9ClN2S. The van der Waals surface area contributed by atoms with Gasteiger partial charge in [0.25, 0.3) is 0 Å². The lowest BCUT2D eigenvalue weighted by molar-refractivity contribution is 1.33. The number of halogens is 1. The van der Waals surface area contributed by atoms with Gasteiger partial charge < -0.3 is 5.32 Å². The zero-order valence-corrected chi connectivity index (χ0v) is 9.92. The predicted octanol–water partition coefficient (Wildman–Crippen LogP) is 3.52. The van der Waals surface area contributed by atoms with Crippen molar-refractivity contribution < 1.29 is 0 Å². The molecule has 2 aromatic rings. The number of pyridine rings is 1. The first-order valence-corrected chi connectivity index (χ1v) is 5.52. The van der Waals surface area contributed by atoms with Gasteiger partial charge >= 0.3 is 0 Å². The smallest absolute Gasteiger partial charge is 0.111 e. The van der Waals surface area contributed by atoms with Crippen molar-refractivity contribution in [3.63, 3.8) is 0 Å². The summed E-state index contributed by atoms with van der Waals surface area (Å²) in [5, 5.41) is 3.64. The van der Waals surface area contributed by atoms with Crippen LogP contribution in [0.5, 0.6) is 0 Å². The van der Waals surface area contributed by atoms with Gasteiger partial charge in [-0.2, -0.15) is 0 Å². The molecule has 0 amide bonds. The topological polar surface area (TPSA) is 24.9 Å². The number of anilines is 1. The van der Waals surface area contributed by atoms with Crippen molar-refractivity contribution in [1.29, 1.82) is 0 Å². The zero-order chi connectivity index (χ0) is 11.4. The third-order valence-electron chi connectivity index (χ3n) is 2.06. The first kappa shape index (κ1) is 11.0. The third-order valence-corrected chi connectivity index (χ3v) is 2.70. The lowest BCUT2D eigenvalue weighted by Gasteiger charge is -2.08. The third kappa shape index (κ3) is 2.56. The number of nitrogens with one attached hydrogen (secondary N) is 1. The van der Waals surface area contributed by atoms with Crippen LogP contribution in [0, 0.1) is 0 Å². The second-order valence-electron chi connectivity index (χ2n) is 3.18. The summed E-state index contributed by atoms with van der Waals surface area (Å²) in [5.74, 6) is 0. The molecule has 4 heteroatoms. The molecule has 16 heavy (non-hydrogen) atoms. The summed E-state index contributed by atoms with van der Waals surface area (Å²) in [5.41, 5.74) is 1.73. The van der Waals surface area contributed by atoms with E-state index >= 15 is 0 Å². The number of benzene rings is 1. The van der Waals surface area contributed by atoms with E-state index in [1.165, 1.54) is 0 Å². The molecule has 0 atom stereocenters. The quantitative estimate of drug-likeness (QED) is 0.824. The normalized spacial score (nSPS) is 9.81. The molecule has 1 aromatic carbocycles. The molecular weight excluding hydrogens is 240 g/mol. The van der Waals surface area contributed by atoms with Crippen LogP contribution in [0.15, 0.2) is 48.8 Å². The number of nitrogens with zero attached hydrogens (tertiary/aromatic N) is 1. The van der Waals surface area contributed by atoms with Gasteiger partial charge in [0, 0.05) is 18.0 Å². The van der Waals surface area contributed by atoms with Crippen molar-refractivity contribution >= 4 is 34.5 Å². The summed E-state index contributed by atoms with van der Waals surface area (Å²) < 4.78 is 0. The molecule has 0 aliphatic carbocycles. The monoisotopic (exact) mass is 248 g/mol. The van der Waals surface area contributed by atoms with Crippen molar-refractivity contribution in [2.75, 3.05) is 5.32 Å². The fraction of sp³-hybridized carbons (Fsp3) is 0. The van der Waals surface area contributed by atoms with Crippen LogP contribution in [-0.4, -0.2) is 9.97 Å². The molecule has 0 bridgehead atoms. The van der Waals surface area contributed by atoms with Crippen LogP contribution in [0.25, 0.3) is 0 Å². The van der Waals surface area contributed by atoms with Gasteiger partial charge in [-0.3, -0.25) is 4.98 Å². The number of hydrogen-bond donors (Lipinski definition) is 1. The van der Waals surface area contributed by atoms with Gasteiger partial charge in [0.2, 0.25) is 0 Å². The molecule has 1 heterocycles. The van der Waals surface area contributed by atoms with E-state index in [-0.39, 0.29) is 0 Å². The zero-order valence-electron chi connectivity index (χ0n) is 8.35. The highest BCUT2D eigenvalue weighted by Crippen LogP contribution is 2.20. The number of aromatic nitrogens is 1. The molecule has 0 aliphatic heterocycles.